The van der Waals surface area contributed by atoms with E-state index < -0.39 is 0 Å². The zero-order valence-electron chi connectivity index (χ0n) is 17.0. The van der Waals surface area contributed by atoms with Gasteiger partial charge in [0.2, 0.25) is 0 Å². The minimum Gasteiger partial charge on any atom is -0.345 e. The van der Waals surface area contributed by atoms with E-state index in [2.05, 4.69) is 36.0 Å². The monoisotopic (exact) mass is 426 g/mol. The van der Waals surface area contributed by atoms with Gasteiger partial charge >= 0.3 is 0 Å². The lowest BCUT2D eigenvalue weighted by Crippen LogP contribution is -2.44. The van der Waals surface area contributed by atoms with Crippen LogP contribution in [0, 0.1) is 0 Å². The third kappa shape index (κ3) is 4.91. The van der Waals surface area contributed by atoms with Crippen LogP contribution in [0.1, 0.15) is 24.2 Å². The molecule has 2 aromatic carbocycles. The Bertz CT molecular complexity index is 992. The Hall–Kier alpha value is -2.09. The smallest absolute Gasteiger partial charge is 0.255 e. The molecule has 4 rings (SSSR count). The summed E-state index contributed by atoms with van der Waals surface area (Å²) < 4.78 is 1.10. The third-order valence-electron chi connectivity index (χ3n) is 4.90. The summed E-state index contributed by atoms with van der Waals surface area (Å²) in [5.41, 5.74) is 2.45. The molecule has 152 valence electrons. The van der Waals surface area contributed by atoms with Crippen LogP contribution in [0.3, 0.4) is 0 Å². The molecule has 0 saturated carbocycles. The summed E-state index contributed by atoms with van der Waals surface area (Å²) >= 11 is 3.49. The number of piperazine rings is 1. The van der Waals surface area contributed by atoms with Crippen LogP contribution in [0.2, 0.25) is 0 Å². The van der Waals surface area contributed by atoms with E-state index in [9.17, 15) is 4.79 Å². The lowest BCUT2D eigenvalue weighted by atomic mass is 10.2. The number of likely N-dealkylation sites (N-methyl/N-ethyl adjacent to an activating group) is 1. The van der Waals surface area contributed by atoms with Gasteiger partial charge in [0.15, 0.2) is 5.13 Å². The number of carbonyl (C=O) groups excluding carboxylic acids is 1. The maximum absolute atomic E-state index is 12.6. The summed E-state index contributed by atoms with van der Waals surface area (Å²) in [5, 5.41) is 4.61. The van der Waals surface area contributed by atoms with Gasteiger partial charge in [-0.1, -0.05) is 25.2 Å². The summed E-state index contributed by atoms with van der Waals surface area (Å²) in [7, 11) is 2.15. The number of anilines is 2. The van der Waals surface area contributed by atoms with Crippen LogP contribution in [0.15, 0.2) is 47.4 Å². The summed E-state index contributed by atoms with van der Waals surface area (Å²) in [6.07, 6.45) is 0. The molecule has 1 saturated heterocycles. The van der Waals surface area contributed by atoms with Gasteiger partial charge in [-0.2, -0.15) is 0 Å². The van der Waals surface area contributed by atoms with Gasteiger partial charge in [0.1, 0.15) is 0 Å². The molecule has 29 heavy (non-hydrogen) atoms. The molecule has 0 radical (unpaired) electrons. The van der Waals surface area contributed by atoms with Crippen LogP contribution in [-0.2, 0) is 0 Å². The zero-order valence-corrected chi connectivity index (χ0v) is 18.6. The number of rotatable bonds is 5. The van der Waals surface area contributed by atoms with E-state index in [4.69, 9.17) is 4.98 Å². The molecule has 1 fully saturated rings. The second-order valence-corrected chi connectivity index (χ2v) is 10.3. The highest BCUT2D eigenvalue weighted by Gasteiger charge is 2.18. The predicted molar refractivity (Wildman–Crippen MR) is 125 cm³/mol. The van der Waals surface area contributed by atoms with Crippen molar-refractivity contribution in [2.75, 3.05) is 43.4 Å². The van der Waals surface area contributed by atoms with Gasteiger partial charge in [0.25, 0.3) is 5.91 Å². The van der Waals surface area contributed by atoms with Crippen molar-refractivity contribution in [3.05, 3.63) is 48.0 Å². The number of benzene rings is 2. The first-order valence-electron chi connectivity index (χ1n) is 9.90. The molecule has 1 amide bonds. The highest BCUT2D eigenvalue weighted by Crippen LogP contribution is 2.31. The Labute approximate surface area is 180 Å². The van der Waals surface area contributed by atoms with Crippen LogP contribution in [-0.4, -0.2) is 54.3 Å². The van der Waals surface area contributed by atoms with Gasteiger partial charge in [-0.25, -0.2) is 4.98 Å². The topological polar surface area (TPSA) is 48.5 Å². The van der Waals surface area contributed by atoms with E-state index in [0.717, 1.165) is 47.2 Å². The average molecular weight is 427 g/mol. The summed E-state index contributed by atoms with van der Waals surface area (Å²) in [4.78, 5) is 23.3. The lowest BCUT2D eigenvalue weighted by Gasteiger charge is -2.31. The number of nitrogens with zero attached hydrogens (tertiary/aromatic N) is 3. The summed E-state index contributed by atoms with van der Waals surface area (Å²) in [5.74, 6) is -0.0887. The maximum atomic E-state index is 12.6. The largest absolute Gasteiger partial charge is 0.345 e. The number of aromatic nitrogens is 1. The van der Waals surface area contributed by atoms with Crippen molar-refractivity contribution in [1.29, 1.82) is 0 Å². The Kier molecular flexibility index (Phi) is 6.08. The summed E-state index contributed by atoms with van der Waals surface area (Å²) in [6.45, 7) is 8.46. The first-order valence-corrected chi connectivity index (χ1v) is 11.6. The molecule has 0 unspecified atom stereocenters. The highest BCUT2D eigenvalue weighted by atomic mass is 32.2. The first kappa shape index (κ1) is 20.2. The molecular formula is C22H26N4OS2. The number of carbonyl (C=O) groups is 1. The minimum atomic E-state index is -0.0887. The van der Waals surface area contributed by atoms with E-state index in [-0.39, 0.29) is 5.91 Å². The molecule has 0 spiro atoms. The normalized spacial score (nSPS) is 15.2. The van der Waals surface area contributed by atoms with Crippen molar-refractivity contribution < 1.29 is 4.79 Å². The second kappa shape index (κ2) is 8.73. The molecule has 1 N–H and O–H groups in total. The van der Waals surface area contributed by atoms with E-state index in [1.165, 1.54) is 4.90 Å². The van der Waals surface area contributed by atoms with Gasteiger partial charge in [-0.15, -0.1) is 11.8 Å². The average Bonchev–Trinajstić information content (AvgIpc) is 3.12. The number of thioether (sulfide) groups is 1. The quantitative estimate of drug-likeness (QED) is 0.594. The molecule has 1 aromatic heterocycles. The van der Waals surface area contributed by atoms with Gasteiger partial charge in [0.05, 0.1) is 10.2 Å². The van der Waals surface area contributed by atoms with Crippen LogP contribution in [0.5, 0.6) is 0 Å². The Morgan fingerprint density at radius 2 is 1.83 bits per heavy atom. The highest BCUT2D eigenvalue weighted by molar-refractivity contribution is 7.99. The predicted octanol–water partition coefficient (Wildman–Crippen LogP) is 4.80. The zero-order chi connectivity index (χ0) is 20.4. The minimum absolute atomic E-state index is 0.0887. The van der Waals surface area contributed by atoms with Crippen molar-refractivity contribution in [3.63, 3.8) is 0 Å². The van der Waals surface area contributed by atoms with Crippen molar-refractivity contribution in [2.45, 2.75) is 24.0 Å². The maximum Gasteiger partial charge on any atom is 0.255 e. The van der Waals surface area contributed by atoms with Gasteiger partial charge in [-0.3, -0.25) is 4.79 Å². The van der Waals surface area contributed by atoms with E-state index in [1.54, 1.807) is 23.1 Å². The van der Waals surface area contributed by atoms with E-state index in [1.807, 2.05) is 42.5 Å². The van der Waals surface area contributed by atoms with Gasteiger partial charge < -0.3 is 15.1 Å². The van der Waals surface area contributed by atoms with Crippen molar-refractivity contribution in [1.82, 2.24) is 9.88 Å². The van der Waals surface area contributed by atoms with E-state index >= 15 is 0 Å². The van der Waals surface area contributed by atoms with Gasteiger partial charge in [-0.05, 0) is 49.5 Å². The molecule has 0 bridgehead atoms. The molecule has 0 aliphatic carbocycles. The van der Waals surface area contributed by atoms with Gasteiger partial charge in [0, 0.05) is 47.6 Å². The van der Waals surface area contributed by atoms with Crippen LogP contribution in [0.25, 0.3) is 10.2 Å². The Morgan fingerprint density at radius 3 is 2.52 bits per heavy atom. The number of nitrogens with one attached hydrogen (secondary N) is 1. The second-order valence-electron chi connectivity index (χ2n) is 7.61. The molecule has 1 aliphatic heterocycles. The number of amides is 1. The fourth-order valence-electron chi connectivity index (χ4n) is 3.28. The molecule has 0 atom stereocenters. The Morgan fingerprint density at radius 1 is 1.10 bits per heavy atom. The Balaban J connectivity index is 1.46. The molecule has 2 heterocycles. The first-order chi connectivity index (χ1) is 14.0. The fourth-order valence-corrected chi connectivity index (χ4v) is 5.18. The SMILES string of the molecule is CC(C)Sc1ccc(C(=O)Nc2ccc3nc(N4CCN(C)CC4)sc3c2)cc1. The van der Waals surface area contributed by atoms with Crippen molar-refractivity contribution in [3.8, 4) is 0 Å². The molecular weight excluding hydrogens is 400 g/mol. The van der Waals surface area contributed by atoms with Crippen molar-refractivity contribution >= 4 is 50.0 Å². The third-order valence-corrected chi connectivity index (χ3v) is 6.99. The number of hydrogen-bond donors (Lipinski definition) is 1. The number of hydrogen-bond acceptors (Lipinski definition) is 6. The fraction of sp³-hybridized carbons (Fsp3) is 0.364. The molecule has 1 aliphatic rings. The lowest BCUT2D eigenvalue weighted by molar-refractivity contribution is 0.102. The van der Waals surface area contributed by atoms with E-state index in [0.29, 0.717) is 10.8 Å². The van der Waals surface area contributed by atoms with Crippen LogP contribution < -0.4 is 10.2 Å². The number of fused-ring (bicyclic) bond motifs is 1. The van der Waals surface area contributed by atoms with Crippen molar-refractivity contribution in [2.24, 2.45) is 0 Å². The van der Waals surface area contributed by atoms with Crippen LogP contribution in [0.4, 0.5) is 10.8 Å². The standard InChI is InChI=1S/C22H26N4OS2/c1-15(2)28-18-7-4-16(5-8-18)21(27)23-17-6-9-19-20(14-17)29-22(24-19)26-12-10-25(3)11-13-26/h4-9,14-15H,10-13H2,1-3H3,(H,23,27). The summed E-state index contributed by atoms with van der Waals surface area (Å²) in [6, 6.07) is 13.7. The molecule has 3 aromatic rings. The number of thiazole rings is 1. The molecule has 5 nitrogen and oxygen atoms in total. The van der Waals surface area contributed by atoms with Crippen LogP contribution >= 0.6 is 23.1 Å². The molecule has 7 heteroatoms.